The van der Waals surface area contributed by atoms with Gasteiger partial charge in [0, 0.05) is 16.6 Å². The summed E-state index contributed by atoms with van der Waals surface area (Å²) in [6.45, 7) is 1.80. The first-order chi connectivity index (χ1) is 15.5. The number of ketones is 1. The normalized spacial score (nSPS) is 11.2. The molecule has 0 fully saturated rings. The van der Waals surface area contributed by atoms with E-state index in [0.29, 0.717) is 16.8 Å². The van der Waals surface area contributed by atoms with Crippen molar-refractivity contribution < 1.29 is 23.5 Å². The molecule has 0 aliphatic heterocycles. The van der Waals surface area contributed by atoms with Gasteiger partial charge in [-0.05, 0) is 48.9 Å². The smallest absolute Gasteiger partial charge is 0.379 e. The number of Topliss-reactive ketones (excluding diaryl/α,β-unsaturated/α-hetero) is 1. The number of H-pyrrole nitrogens is 1. The van der Waals surface area contributed by atoms with Crippen LogP contribution in [0.5, 0.6) is 11.5 Å². The SMILES string of the molecule is COc1cc(C=C(C#N)C(=O)c2c(C)[nH]c3ccccc23)ccc1OC(=O)c1ccco1. The second-order valence-corrected chi connectivity index (χ2v) is 6.95. The summed E-state index contributed by atoms with van der Waals surface area (Å²) < 4.78 is 15.7. The molecule has 0 aliphatic rings. The van der Waals surface area contributed by atoms with Gasteiger partial charge in [0.2, 0.25) is 11.5 Å². The summed E-state index contributed by atoms with van der Waals surface area (Å²) in [4.78, 5) is 28.5. The number of ether oxygens (including phenoxy) is 2. The number of allylic oxidation sites excluding steroid dienone is 1. The number of methoxy groups -OCH3 is 1. The molecule has 0 bridgehead atoms. The van der Waals surface area contributed by atoms with Crippen molar-refractivity contribution >= 4 is 28.7 Å². The first-order valence-electron chi connectivity index (χ1n) is 9.69. The van der Waals surface area contributed by atoms with Crippen LogP contribution in [-0.4, -0.2) is 23.8 Å². The number of benzene rings is 2. The van der Waals surface area contributed by atoms with E-state index < -0.39 is 5.97 Å². The number of rotatable bonds is 6. The largest absolute Gasteiger partial charge is 0.493 e. The van der Waals surface area contributed by atoms with Crippen LogP contribution in [0.1, 0.15) is 32.2 Å². The Bertz CT molecular complexity index is 1390. The molecule has 7 nitrogen and oxygen atoms in total. The predicted octanol–water partition coefficient (Wildman–Crippen LogP) is 5.09. The van der Waals surface area contributed by atoms with E-state index in [0.717, 1.165) is 10.9 Å². The number of carbonyl (C=O) groups is 2. The molecule has 0 aliphatic carbocycles. The lowest BCUT2D eigenvalue weighted by Gasteiger charge is -2.09. The van der Waals surface area contributed by atoms with Crippen LogP contribution in [0.15, 0.2) is 70.9 Å². The van der Waals surface area contributed by atoms with Crippen LogP contribution in [0.4, 0.5) is 0 Å². The van der Waals surface area contributed by atoms with Gasteiger partial charge < -0.3 is 18.9 Å². The molecule has 0 amide bonds. The number of hydrogen-bond donors (Lipinski definition) is 1. The van der Waals surface area contributed by atoms with Crippen LogP contribution in [0.3, 0.4) is 0 Å². The van der Waals surface area contributed by atoms with E-state index in [2.05, 4.69) is 4.98 Å². The molecule has 0 atom stereocenters. The van der Waals surface area contributed by atoms with Gasteiger partial charge in [-0.25, -0.2) is 4.79 Å². The van der Waals surface area contributed by atoms with Crippen LogP contribution in [0.2, 0.25) is 0 Å². The summed E-state index contributed by atoms with van der Waals surface area (Å²) in [7, 11) is 1.43. The Morgan fingerprint density at radius 3 is 2.62 bits per heavy atom. The molecular formula is C25H18N2O5. The highest BCUT2D eigenvalue weighted by molar-refractivity contribution is 6.20. The first-order valence-corrected chi connectivity index (χ1v) is 9.69. The second kappa shape index (κ2) is 8.66. The van der Waals surface area contributed by atoms with E-state index in [9.17, 15) is 14.9 Å². The number of nitriles is 1. The predicted molar refractivity (Wildman–Crippen MR) is 118 cm³/mol. The van der Waals surface area contributed by atoms with Crippen molar-refractivity contribution in [3.8, 4) is 17.6 Å². The zero-order valence-corrected chi connectivity index (χ0v) is 17.3. The molecule has 0 unspecified atom stereocenters. The molecule has 158 valence electrons. The van der Waals surface area contributed by atoms with Crippen molar-refractivity contribution in [2.75, 3.05) is 7.11 Å². The Hall–Kier alpha value is -4.57. The Labute approximate surface area is 183 Å². The summed E-state index contributed by atoms with van der Waals surface area (Å²) in [5, 5.41) is 10.4. The zero-order chi connectivity index (χ0) is 22.7. The van der Waals surface area contributed by atoms with Crippen molar-refractivity contribution in [2.45, 2.75) is 6.92 Å². The molecule has 0 spiro atoms. The lowest BCUT2D eigenvalue weighted by molar-refractivity contribution is 0.0696. The van der Waals surface area contributed by atoms with Crippen LogP contribution >= 0.6 is 0 Å². The minimum Gasteiger partial charge on any atom is -0.493 e. The topological polar surface area (TPSA) is 105 Å². The van der Waals surface area contributed by atoms with Gasteiger partial charge in [0.05, 0.1) is 18.9 Å². The second-order valence-electron chi connectivity index (χ2n) is 6.95. The molecule has 32 heavy (non-hydrogen) atoms. The fourth-order valence-electron chi connectivity index (χ4n) is 3.42. The molecule has 4 rings (SSSR count). The first kappa shape index (κ1) is 20.7. The number of esters is 1. The van der Waals surface area contributed by atoms with E-state index in [4.69, 9.17) is 13.9 Å². The highest BCUT2D eigenvalue weighted by atomic mass is 16.6. The van der Waals surface area contributed by atoms with Gasteiger partial charge in [-0.1, -0.05) is 24.3 Å². The summed E-state index contributed by atoms with van der Waals surface area (Å²) >= 11 is 0. The summed E-state index contributed by atoms with van der Waals surface area (Å²) in [6, 6.07) is 17.2. The van der Waals surface area contributed by atoms with Gasteiger partial charge in [-0.2, -0.15) is 5.26 Å². The van der Waals surface area contributed by atoms with Crippen molar-refractivity contribution in [3.63, 3.8) is 0 Å². The van der Waals surface area contributed by atoms with Gasteiger partial charge in [-0.3, -0.25) is 4.79 Å². The number of para-hydroxylation sites is 1. The maximum atomic E-state index is 13.2. The Kier molecular flexibility index (Phi) is 5.60. The molecule has 2 heterocycles. The number of nitrogens with one attached hydrogen (secondary N) is 1. The molecule has 7 heteroatoms. The van der Waals surface area contributed by atoms with Gasteiger partial charge >= 0.3 is 5.97 Å². The third-order valence-electron chi connectivity index (χ3n) is 4.91. The van der Waals surface area contributed by atoms with Gasteiger partial charge in [-0.15, -0.1) is 0 Å². The van der Waals surface area contributed by atoms with Crippen molar-refractivity contribution in [2.24, 2.45) is 0 Å². The molecule has 0 saturated heterocycles. The monoisotopic (exact) mass is 426 g/mol. The van der Waals surface area contributed by atoms with Crippen molar-refractivity contribution in [1.82, 2.24) is 4.98 Å². The van der Waals surface area contributed by atoms with Crippen molar-refractivity contribution in [1.29, 1.82) is 5.26 Å². The lowest BCUT2D eigenvalue weighted by atomic mass is 9.99. The van der Waals surface area contributed by atoms with Crippen LogP contribution < -0.4 is 9.47 Å². The van der Waals surface area contributed by atoms with Crippen molar-refractivity contribution in [3.05, 3.63) is 89.0 Å². The quantitative estimate of drug-likeness (QED) is 0.151. The molecular weight excluding hydrogens is 408 g/mol. The molecule has 1 N–H and O–H groups in total. The average molecular weight is 426 g/mol. The van der Waals surface area contributed by atoms with Gasteiger partial charge in [0.25, 0.3) is 0 Å². The van der Waals surface area contributed by atoms with E-state index in [-0.39, 0.29) is 28.6 Å². The lowest BCUT2D eigenvalue weighted by Crippen LogP contribution is -2.08. The number of furan rings is 1. The number of aryl methyl sites for hydroxylation is 1. The zero-order valence-electron chi connectivity index (χ0n) is 17.3. The molecule has 2 aromatic heterocycles. The summed E-state index contributed by atoms with van der Waals surface area (Å²) in [5.41, 5.74) is 2.50. The number of hydrogen-bond acceptors (Lipinski definition) is 6. The van der Waals surface area contributed by atoms with Gasteiger partial charge in [0.1, 0.15) is 11.6 Å². The highest BCUT2D eigenvalue weighted by Crippen LogP contribution is 2.31. The Morgan fingerprint density at radius 1 is 1.09 bits per heavy atom. The number of aromatic nitrogens is 1. The van der Waals surface area contributed by atoms with Crippen LogP contribution in [0, 0.1) is 18.3 Å². The molecule has 2 aromatic carbocycles. The van der Waals surface area contributed by atoms with Crippen LogP contribution in [-0.2, 0) is 0 Å². The average Bonchev–Trinajstić information content (AvgIpc) is 3.45. The number of fused-ring (bicyclic) bond motifs is 1. The van der Waals surface area contributed by atoms with E-state index >= 15 is 0 Å². The standard InChI is InChI=1S/C25H18N2O5/c1-15-23(18-6-3-4-7-19(18)27-15)24(28)17(14-26)12-16-9-10-20(22(13-16)30-2)32-25(29)21-8-5-11-31-21/h3-13,27H,1-2H3. The molecule has 0 saturated carbocycles. The van der Waals surface area contributed by atoms with Gasteiger partial charge in [0.15, 0.2) is 11.5 Å². The van der Waals surface area contributed by atoms with E-state index in [1.54, 1.807) is 25.1 Å². The third kappa shape index (κ3) is 3.89. The highest BCUT2D eigenvalue weighted by Gasteiger charge is 2.20. The maximum Gasteiger partial charge on any atom is 0.379 e. The summed E-state index contributed by atoms with van der Waals surface area (Å²) in [6.07, 6.45) is 2.85. The van der Waals surface area contributed by atoms with E-state index in [1.807, 2.05) is 30.3 Å². The van der Waals surface area contributed by atoms with E-state index in [1.165, 1.54) is 31.6 Å². The Morgan fingerprint density at radius 2 is 1.91 bits per heavy atom. The third-order valence-corrected chi connectivity index (χ3v) is 4.91. The fourth-order valence-corrected chi connectivity index (χ4v) is 3.42. The maximum absolute atomic E-state index is 13.2. The number of aromatic amines is 1. The minimum absolute atomic E-state index is 0.0276. The Balaban J connectivity index is 1.65. The number of carbonyl (C=O) groups excluding carboxylic acids is 2. The summed E-state index contributed by atoms with van der Waals surface area (Å²) in [5.74, 6) is -0.536. The van der Waals surface area contributed by atoms with Crippen LogP contribution in [0.25, 0.3) is 17.0 Å². The minimum atomic E-state index is -0.667. The molecule has 0 radical (unpaired) electrons. The molecule has 4 aromatic rings. The number of nitrogens with zero attached hydrogens (tertiary/aromatic N) is 1. The fraction of sp³-hybridized carbons (Fsp3) is 0.0800.